The molecule has 1 saturated heterocycles. The van der Waals surface area contributed by atoms with Gasteiger partial charge in [-0.2, -0.15) is 0 Å². The number of nitrogens with zero attached hydrogens (tertiary/aromatic N) is 1. The second-order valence-electron chi connectivity index (χ2n) is 6.39. The van der Waals surface area contributed by atoms with Crippen molar-refractivity contribution >= 4 is 10.0 Å². The van der Waals surface area contributed by atoms with Crippen molar-refractivity contribution in [1.29, 1.82) is 0 Å². The molecule has 0 aromatic rings. The zero-order chi connectivity index (χ0) is 12.8. The summed E-state index contributed by atoms with van der Waals surface area (Å²) in [5, 5.41) is 0. The highest BCUT2D eigenvalue weighted by Crippen LogP contribution is 2.49. The normalized spacial score (nSPS) is 38.4. The quantitative estimate of drug-likeness (QED) is 0.835. The SMILES string of the molecule is NC(CS(=O)(=O)N1CCCC1)C1CC2CCC1C2. The Morgan fingerprint density at radius 1 is 1.17 bits per heavy atom. The van der Waals surface area contributed by atoms with Crippen molar-refractivity contribution in [3.63, 3.8) is 0 Å². The van der Waals surface area contributed by atoms with Gasteiger partial charge in [-0.3, -0.25) is 0 Å². The van der Waals surface area contributed by atoms with E-state index in [1.165, 1.54) is 25.7 Å². The molecular formula is C13H24N2O2S. The van der Waals surface area contributed by atoms with Gasteiger partial charge in [0.1, 0.15) is 0 Å². The molecule has 4 atom stereocenters. The summed E-state index contributed by atoms with van der Waals surface area (Å²) in [7, 11) is -3.11. The summed E-state index contributed by atoms with van der Waals surface area (Å²) < 4.78 is 26.1. The number of sulfonamides is 1. The Bertz CT molecular complexity index is 403. The maximum atomic E-state index is 12.3. The molecule has 2 aliphatic carbocycles. The summed E-state index contributed by atoms with van der Waals surface area (Å²) in [4.78, 5) is 0. The van der Waals surface area contributed by atoms with Gasteiger partial charge >= 0.3 is 0 Å². The van der Waals surface area contributed by atoms with E-state index >= 15 is 0 Å². The smallest absolute Gasteiger partial charge is 0.215 e. The van der Waals surface area contributed by atoms with E-state index in [1.807, 2.05) is 0 Å². The molecule has 3 aliphatic rings. The summed E-state index contributed by atoms with van der Waals surface area (Å²) >= 11 is 0. The van der Waals surface area contributed by atoms with Crippen LogP contribution in [0, 0.1) is 17.8 Å². The van der Waals surface area contributed by atoms with Gasteiger partial charge in [-0.15, -0.1) is 0 Å². The molecule has 5 heteroatoms. The van der Waals surface area contributed by atoms with E-state index in [4.69, 9.17) is 5.73 Å². The molecule has 1 heterocycles. The van der Waals surface area contributed by atoms with E-state index in [-0.39, 0.29) is 11.8 Å². The lowest BCUT2D eigenvalue weighted by atomic mass is 9.84. The molecule has 0 aromatic carbocycles. The van der Waals surface area contributed by atoms with E-state index in [0.29, 0.717) is 24.9 Å². The number of rotatable bonds is 4. The van der Waals surface area contributed by atoms with Crippen LogP contribution in [0.2, 0.25) is 0 Å². The molecule has 2 bridgehead atoms. The first-order chi connectivity index (χ1) is 8.56. The molecular weight excluding hydrogens is 248 g/mol. The minimum Gasteiger partial charge on any atom is -0.326 e. The topological polar surface area (TPSA) is 63.4 Å². The molecule has 3 fully saturated rings. The van der Waals surface area contributed by atoms with Gasteiger partial charge in [0, 0.05) is 19.1 Å². The highest BCUT2D eigenvalue weighted by atomic mass is 32.2. The third-order valence-electron chi connectivity index (χ3n) is 5.20. The minimum absolute atomic E-state index is 0.147. The maximum Gasteiger partial charge on any atom is 0.215 e. The van der Waals surface area contributed by atoms with Gasteiger partial charge < -0.3 is 5.73 Å². The lowest BCUT2D eigenvalue weighted by Gasteiger charge is -2.28. The van der Waals surface area contributed by atoms with Crippen LogP contribution in [-0.4, -0.2) is 37.6 Å². The standard InChI is InChI=1S/C13H24N2O2S/c14-13(12-8-10-3-4-11(12)7-10)9-18(16,17)15-5-1-2-6-15/h10-13H,1-9,14H2. The summed E-state index contributed by atoms with van der Waals surface area (Å²) in [6.07, 6.45) is 7.08. The predicted molar refractivity (Wildman–Crippen MR) is 71.5 cm³/mol. The van der Waals surface area contributed by atoms with E-state index in [0.717, 1.165) is 18.8 Å². The van der Waals surface area contributed by atoms with Gasteiger partial charge in [0.15, 0.2) is 0 Å². The predicted octanol–water partition coefficient (Wildman–Crippen LogP) is 1.18. The Balaban J connectivity index is 1.62. The fourth-order valence-corrected chi connectivity index (χ4v) is 6.02. The number of nitrogens with two attached hydrogens (primary N) is 1. The number of fused-ring (bicyclic) bond motifs is 2. The molecule has 0 radical (unpaired) electrons. The summed E-state index contributed by atoms with van der Waals surface area (Å²) in [6.45, 7) is 1.40. The molecule has 4 unspecified atom stereocenters. The second-order valence-corrected chi connectivity index (χ2v) is 8.40. The van der Waals surface area contributed by atoms with Gasteiger partial charge in [-0.1, -0.05) is 6.42 Å². The largest absolute Gasteiger partial charge is 0.326 e. The summed E-state index contributed by atoms with van der Waals surface area (Å²) in [5.41, 5.74) is 6.21. The number of hydrogen-bond donors (Lipinski definition) is 1. The first kappa shape index (κ1) is 12.9. The Morgan fingerprint density at radius 2 is 1.89 bits per heavy atom. The first-order valence-electron chi connectivity index (χ1n) is 7.29. The van der Waals surface area contributed by atoms with Crippen molar-refractivity contribution in [2.45, 2.75) is 44.6 Å². The molecule has 18 heavy (non-hydrogen) atoms. The van der Waals surface area contributed by atoms with Crippen LogP contribution < -0.4 is 5.73 Å². The Morgan fingerprint density at radius 3 is 2.44 bits per heavy atom. The van der Waals surface area contributed by atoms with E-state index in [1.54, 1.807) is 4.31 Å². The first-order valence-corrected chi connectivity index (χ1v) is 8.90. The van der Waals surface area contributed by atoms with Crippen molar-refractivity contribution in [2.24, 2.45) is 23.5 Å². The van der Waals surface area contributed by atoms with Crippen LogP contribution in [0.4, 0.5) is 0 Å². The lowest BCUT2D eigenvalue weighted by molar-refractivity contribution is 0.291. The minimum atomic E-state index is -3.11. The van der Waals surface area contributed by atoms with Crippen LogP contribution in [0.5, 0.6) is 0 Å². The third kappa shape index (κ3) is 2.32. The average molecular weight is 272 g/mol. The zero-order valence-electron chi connectivity index (χ0n) is 10.9. The monoisotopic (exact) mass is 272 g/mol. The van der Waals surface area contributed by atoms with E-state index in [2.05, 4.69) is 0 Å². The fourth-order valence-electron chi connectivity index (χ4n) is 4.26. The van der Waals surface area contributed by atoms with Crippen molar-refractivity contribution in [3.05, 3.63) is 0 Å². The maximum absolute atomic E-state index is 12.3. The van der Waals surface area contributed by atoms with Crippen LogP contribution in [-0.2, 0) is 10.0 Å². The van der Waals surface area contributed by atoms with Gasteiger partial charge in [-0.05, 0) is 49.9 Å². The van der Waals surface area contributed by atoms with Gasteiger partial charge in [0.25, 0.3) is 0 Å². The Hall–Kier alpha value is -0.130. The number of hydrogen-bond acceptors (Lipinski definition) is 3. The van der Waals surface area contributed by atoms with Crippen molar-refractivity contribution in [2.75, 3.05) is 18.8 Å². The van der Waals surface area contributed by atoms with E-state index in [9.17, 15) is 8.42 Å². The zero-order valence-corrected chi connectivity index (χ0v) is 11.7. The lowest BCUT2D eigenvalue weighted by Crippen LogP contribution is -2.43. The fraction of sp³-hybridized carbons (Fsp3) is 1.00. The molecule has 2 saturated carbocycles. The highest BCUT2D eigenvalue weighted by Gasteiger charge is 2.43. The molecule has 0 amide bonds. The van der Waals surface area contributed by atoms with Crippen LogP contribution in [0.25, 0.3) is 0 Å². The molecule has 0 aromatic heterocycles. The van der Waals surface area contributed by atoms with Crippen LogP contribution in [0.1, 0.15) is 38.5 Å². The highest BCUT2D eigenvalue weighted by molar-refractivity contribution is 7.89. The van der Waals surface area contributed by atoms with Crippen molar-refractivity contribution in [3.8, 4) is 0 Å². The Labute approximate surface area is 110 Å². The van der Waals surface area contributed by atoms with Crippen molar-refractivity contribution in [1.82, 2.24) is 4.31 Å². The Kier molecular flexibility index (Phi) is 3.41. The summed E-state index contributed by atoms with van der Waals surface area (Å²) in [5.74, 6) is 2.17. The molecule has 0 spiro atoms. The van der Waals surface area contributed by atoms with E-state index < -0.39 is 10.0 Å². The molecule has 3 rings (SSSR count). The van der Waals surface area contributed by atoms with Gasteiger partial charge in [0.05, 0.1) is 5.75 Å². The van der Waals surface area contributed by atoms with Gasteiger partial charge in [0.2, 0.25) is 10.0 Å². The van der Waals surface area contributed by atoms with Crippen molar-refractivity contribution < 1.29 is 8.42 Å². The summed E-state index contributed by atoms with van der Waals surface area (Å²) in [6, 6.07) is -0.147. The molecule has 4 nitrogen and oxygen atoms in total. The van der Waals surface area contributed by atoms with Gasteiger partial charge in [-0.25, -0.2) is 12.7 Å². The third-order valence-corrected chi connectivity index (χ3v) is 7.16. The van der Waals surface area contributed by atoms with Crippen LogP contribution in [0.3, 0.4) is 0 Å². The van der Waals surface area contributed by atoms with Crippen LogP contribution in [0.15, 0.2) is 0 Å². The molecule has 2 N–H and O–H groups in total. The van der Waals surface area contributed by atoms with Crippen LogP contribution >= 0.6 is 0 Å². The molecule has 1 aliphatic heterocycles. The second kappa shape index (κ2) is 4.76. The average Bonchev–Trinajstić information content (AvgIpc) is 3.05. The molecule has 104 valence electrons.